The number of fused-ring (bicyclic) bond motifs is 2. The Labute approximate surface area is 162 Å². The maximum Gasteiger partial charge on any atom is 0.306 e. The second kappa shape index (κ2) is 6.60. The molecule has 2 aliphatic carbocycles. The van der Waals surface area contributed by atoms with Crippen LogP contribution >= 0.6 is 0 Å². The number of hydrogen-bond donors (Lipinski definition) is 0. The van der Waals surface area contributed by atoms with E-state index < -0.39 is 26.6 Å². The van der Waals surface area contributed by atoms with Crippen molar-refractivity contribution in [2.45, 2.75) is 43.7 Å². The van der Waals surface area contributed by atoms with E-state index in [1.165, 1.54) is 0 Å². The molecule has 2 fully saturated rings. The molecule has 2 heterocycles. The van der Waals surface area contributed by atoms with Crippen LogP contribution in [0.3, 0.4) is 0 Å². The molecule has 10 heteroatoms. The summed E-state index contributed by atoms with van der Waals surface area (Å²) in [5.74, 6) is -2.26. The van der Waals surface area contributed by atoms with Gasteiger partial charge in [0.25, 0.3) is 5.92 Å². The predicted octanol–water partition coefficient (Wildman–Crippen LogP) is 1.94. The molecule has 0 N–H and O–H groups in total. The van der Waals surface area contributed by atoms with E-state index in [-0.39, 0.29) is 30.1 Å². The lowest BCUT2D eigenvalue weighted by Gasteiger charge is -2.30. The monoisotopic (exact) mass is 415 g/mol. The summed E-state index contributed by atoms with van der Waals surface area (Å²) in [5.41, 5.74) is -0.0975. The first-order valence-corrected chi connectivity index (χ1v) is 11.4. The fourth-order valence-electron chi connectivity index (χ4n) is 4.56. The second-order valence-electron chi connectivity index (χ2n) is 7.89. The van der Waals surface area contributed by atoms with Gasteiger partial charge in [-0.25, -0.2) is 18.4 Å². The zero-order valence-corrected chi connectivity index (χ0v) is 16.6. The summed E-state index contributed by atoms with van der Waals surface area (Å²) in [7, 11) is -3.82. The van der Waals surface area contributed by atoms with Crippen molar-refractivity contribution in [3.8, 4) is 0 Å². The Morgan fingerprint density at radius 3 is 2.57 bits per heavy atom. The number of ether oxygens (including phenoxy) is 1. The molecule has 2 atom stereocenters. The number of rotatable bonds is 5. The molecular weight excluding hydrogens is 392 g/mol. The number of esters is 1. The van der Waals surface area contributed by atoms with Crippen LogP contribution in [0.4, 0.5) is 14.6 Å². The van der Waals surface area contributed by atoms with Crippen molar-refractivity contribution in [1.29, 1.82) is 0 Å². The Kier molecular flexibility index (Phi) is 4.59. The summed E-state index contributed by atoms with van der Waals surface area (Å²) in [6.07, 6.45) is 1.66. The molecule has 0 bridgehead atoms. The van der Waals surface area contributed by atoms with Crippen LogP contribution in [0.25, 0.3) is 0 Å². The van der Waals surface area contributed by atoms with E-state index in [1.54, 1.807) is 6.92 Å². The van der Waals surface area contributed by atoms with E-state index >= 15 is 0 Å². The Bertz CT molecular complexity index is 910. The van der Waals surface area contributed by atoms with Crippen LogP contribution in [0.1, 0.15) is 37.4 Å². The van der Waals surface area contributed by atoms with E-state index in [0.29, 0.717) is 50.3 Å². The quantitative estimate of drug-likeness (QED) is 0.536. The summed E-state index contributed by atoms with van der Waals surface area (Å²) in [6, 6.07) is 0. The minimum absolute atomic E-state index is 0.216. The lowest BCUT2D eigenvalue weighted by molar-refractivity contribution is -0.143. The number of sulfone groups is 1. The van der Waals surface area contributed by atoms with Crippen molar-refractivity contribution in [2.75, 3.05) is 30.9 Å². The van der Waals surface area contributed by atoms with Crippen molar-refractivity contribution >= 4 is 21.6 Å². The van der Waals surface area contributed by atoms with Gasteiger partial charge in [-0.3, -0.25) is 4.79 Å². The van der Waals surface area contributed by atoms with Crippen molar-refractivity contribution in [1.82, 2.24) is 9.97 Å². The van der Waals surface area contributed by atoms with Crippen molar-refractivity contribution in [3.05, 3.63) is 11.3 Å². The zero-order valence-electron chi connectivity index (χ0n) is 15.8. The highest BCUT2D eigenvalue weighted by Crippen LogP contribution is 2.55. The van der Waals surface area contributed by atoms with Gasteiger partial charge in [-0.1, -0.05) is 0 Å². The lowest BCUT2D eigenvalue weighted by Crippen LogP contribution is -2.32. The van der Waals surface area contributed by atoms with Crippen LogP contribution in [-0.4, -0.2) is 50.3 Å². The molecule has 154 valence electrons. The Morgan fingerprint density at radius 1 is 1.29 bits per heavy atom. The summed E-state index contributed by atoms with van der Waals surface area (Å²) in [4.78, 5) is 21.5. The van der Waals surface area contributed by atoms with E-state index in [4.69, 9.17) is 4.74 Å². The van der Waals surface area contributed by atoms with Gasteiger partial charge in [-0.15, -0.1) is 0 Å². The SMILES string of the molecule is CCOC(=O)CC1C2CN(c3nc(S(C)(=O)=O)nc4c3CCCC4(F)F)CC12. The summed E-state index contributed by atoms with van der Waals surface area (Å²) in [5, 5.41) is -0.550. The number of aromatic nitrogens is 2. The number of carbonyl (C=O) groups is 1. The minimum Gasteiger partial charge on any atom is -0.466 e. The van der Waals surface area contributed by atoms with E-state index in [1.807, 2.05) is 4.90 Å². The van der Waals surface area contributed by atoms with Crippen LogP contribution in [-0.2, 0) is 31.7 Å². The molecule has 0 radical (unpaired) electrons. The average molecular weight is 415 g/mol. The lowest BCUT2D eigenvalue weighted by atomic mass is 9.93. The van der Waals surface area contributed by atoms with Crippen molar-refractivity contribution < 1.29 is 26.7 Å². The highest BCUT2D eigenvalue weighted by Gasteiger charge is 2.57. The molecule has 7 nitrogen and oxygen atoms in total. The van der Waals surface area contributed by atoms with Crippen molar-refractivity contribution in [3.63, 3.8) is 0 Å². The van der Waals surface area contributed by atoms with Gasteiger partial charge in [0.15, 0.2) is 0 Å². The van der Waals surface area contributed by atoms with Crippen LogP contribution in [0.2, 0.25) is 0 Å². The van der Waals surface area contributed by atoms with Gasteiger partial charge in [0.1, 0.15) is 11.5 Å². The first-order valence-electron chi connectivity index (χ1n) is 9.51. The number of anilines is 1. The third-order valence-electron chi connectivity index (χ3n) is 5.94. The number of halogens is 2. The fraction of sp³-hybridized carbons (Fsp3) is 0.722. The van der Waals surface area contributed by atoms with Crippen LogP contribution < -0.4 is 4.90 Å². The maximum atomic E-state index is 14.4. The van der Waals surface area contributed by atoms with Gasteiger partial charge < -0.3 is 9.64 Å². The van der Waals surface area contributed by atoms with Gasteiger partial charge in [-0.05, 0) is 37.5 Å². The molecule has 1 saturated heterocycles. The molecule has 0 aromatic carbocycles. The summed E-state index contributed by atoms with van der Waals surface area (Å²) in [6.45, 7) is 3.27. The number of alkyl halides is 2. The largest absolute Gasteiger partial charge is 0.466 e. The Morgan fingerprint density at radius 2 is 1.96 bits per heavy atom. The molecule has 0 amide bonds. The number of nitrogens with zero attached hydrogens (tertiary/aromatic N) is 3. The normalized spacial score (nSPS) is 27.9. The molecule has 1 aliphatic heterocycles. The summed E-state index contributed by atoms with van der Waals surface area (Å²) >= 11 is 0. The highest BCUT2D eigenvalue weighted by atomic mass is 32.2. The van der Waals surface area contributed by atoms with E-state index in [2.05, 4.69) is 9.97 Å². The summed E-state index contributed by atoms with van der Waals surface area (Å²) < 4.78 is 57.8. The topological polar surface area (TPSA) is 89.5 Å². The van der Waals surface area contributed by atoms with Crippen LogP contribution in [0.5, 0.6) is 0 Å². The van der Waals surface area contributed by atoms with Crippen molar-refractivity contribution in [2.24, 2.45) is 17.8 Å². The van der Waals surface area contributed by atoms with E-state index in [9.17, 15) is 22.0 Å². The van der Waals surface area contributed by atoms with Gasteiger partial charge >= 0.3 is 5.97 Å². The van der Waals surface area contributed by atoms with Crippen LogP contribution in [0.15, 0.2) is 5.16 Å². The molecule has 1 aromatic rings. The molecular formula is C18H23F2N3O4S. The second-order valence-corrected chi connectivity index (χ2v) is 9.80. The predicted molar refractivity (Wildman–Crippen MR) is 95.9 cm³/mol. The maximum absolute atomic E-state index is 14.4. The zero-order chi connectivity index (χ0) is 20.3. The molecule has 1 saturated carbocycles. The number of piperidine rings is 1. The third kappa shape index (κ3) is 3.35. The average Bonchev–Trinajstić information content (AvgIpc) is 3.03. The van der Waals surface area contributed by atoms with E-state index in [0.717, 1.165) is 6.26 Å². The molecule has 4 rings (SSSR count). The molecule has 28 heavy (non-hydrogen) atoms. The van der Waals surface area contributed by atoms with Gasteiger partial charge in [-0.2, -0.15) is 8.78 Å². The molecule has 0 spiro atoms. The number of hydrogen-bond acceptors (Lipinski definition) is 7. The first kappa shape index (κ1) is 19.5. The standard InChI is InChI=1S/C18H23F2N3O4S/c1-3-27-14(24)7-11-12-8-23(9-13(11)12)16-10-5-4-6-18(19,20)15(10)21-17(22-16)28(2,25)26/h11-13H,3-9H2,1-2H3. The fourth-order valence-corrected chi connectivity index (χ4v) is 5.06. The van der Waals surface area contributed by atoms with Crippen LogP contribution in [0, 0.1) is 17.8 Å². The minimum atomic E-state index is -3.82. The highest BCUT2D eigenvalue weighted by molar-refractivity contribution is 7.90. The van der Waals surface area contributed by atoms with Gasteiger partial charge in [0.05, 0.1) is 6.61 Å². The molecule has 3 aliphatic rings. The molecule has 1 aromatic heterocycles. The third-order valence-corrected chi connectivity index (χ3v) is 6.78. The molecule has 2 unspecified atom stereocenters. The Hall–Kier alpha value is -1.84. The van der Waals surface area contributed by atoms with Gasteiger partial charge in [0.2, 0.25) is 15.0 Å². The smallest absolute Gasteiger partial charge is 0.306 e. The number of carbonyl (C=O) groups excluding carboxylic acids is 1. The van der Waals surface area contributed by atoms with Gasteiger partial charge in [0, 0.05) is 37.8 Å². The first-order chi connectivity index (χ1) is 13.1. The Balaban J connectivity index is 1.61.